The van der Waals surface area contributed by atoms with E-state index in [0.717, 1.165) is 11.9 Å². The Morgan fingerprint density at radius 2 is 1.95 bits per heavy atom. The van der Waals surface area contributed by atoms with Crippen molar-refractivity contribution in [1.29, 1.82) is 0 Å². The summed E-state index contributed by atoms with van der Waals surface area (Å²) in [6.45, 7) is 3.91. The molecule has 0 aliphatic heterocycles. The quantitative estimate of drug-likeness (QED) is 0.909. The molecule has 0 saturated heterocycles. The Bertz CT molecular complexity index is 677. The maximum Gasteiger partial charge on any atom is 0.245 e. The molecule has 108 valence electrons. The number of aryl methyl sites for hydroxylation is 1. The summed E-state index contributed by atoms with van der Waals surface area (Å²) in [6, 6.07) is 7.89. The molecule has 0 aliphatic rings. The van der Waals surface area contributed by atoms with Gasteiger partial charge in [0.05, 0.1) is 6.54 Å². The van der Waals surface area contributed by atoms with Crippen LogP contribution >= 0.6 is 0 Å². The maximum atomic E-state index is 11.4. The van der Waals surface area contributed by atoms with Gasteiger partial charge in [-0.25, -0.2) is 8.42 Å². The first kappa shape index (κ1) is 14.5. The number of hydrogen-bond acceptors (Lipinski definition) is 6. The van der Waals surface area contributed by atoms with Gasteiger partial charge in [-0.15, -0.1) is 0 Å². The third-order valence-corrected chi connectivity index (χ3v) is 4.48. The van der Waals surface area contributed by atoms with Crippen LogP contribution in [0.2, 0.25) is 0 Å². The summed E-state index contributed by atoms with van der Waals surface area (Å²) < 4.78 is 27.9. The molecule has 0 radical (unpaired) electrons. The molecule has 1 N–H and O–H groups in total. The molecule has 1 heterocycles. The predicted molar refractivity (Wildman–Crippen MR) is 76.1 cm³/mol. The molecule has 1 atom stereocenters. The minimum Gasteiger partial charge on any atom is -0.376 e. The summed E-state index contributed by atoms with van der Waals surface area (Å²) >= 11 is 0. The van der Waals surface area contributed by atoms with Gasteiger partial charge in [-0.1, -0.05) is 22.9 Å². The van der Waals surface area contributed by atoms with Gasteiger partial charge in [0, 0.05) is 11.9 Å². The number of hydrogen-bond donors (Lipinski definition) is 1. The van der Waals surface area contributed by atoms with Crippen LogP contribution in [-0.2, 0) is 16.4 Å². The van der Waals surface area contributed by atoms with Crippen molar-refractivity contribution in [3.8, 4) is 0 Å². The largest absolute Gasteiger partial charge is 0.376 e. The normalized spacial score (nSPS) is 13.2. The lowest BCUT2D eigenvalue weighted by atomic mass is 10.2. The van der Waals surface area contributed by atoms with Crippen molar-refractivity contribution in [2.75, 3.05) is 11.6 Å². The van der Waals surface area contributed by atoms with Crippen LogP contribution in [0.3, 0.4) is 0 Å². The molecule has 1 aromatic carbocycles. The van der Waals surface area contributed by atoms with Crippen LogP contribution in [0.15, 0.2) is 28.8 Å². The van der Waals surface area contributed by atoms with E-state index in [1.165, 1.54) is 12.5 Å². The molecule has 1 unspecified atom stereocenters. The van der Waals surface area contributed by atoms with Crippen LogP contribution in [0.1, 0.15) is 29.5 Å². The molecule has 2 rings (SSSR count). The number of sulfone groups is 1. The second-order valence-corrected chi connectivity index (χ2v) is 7.10. The second-order valence-electron chi connectivity index (χ2n) is 4.74. The van der Waals surface area contributed by atoms with Crippen LogP contribution in [-0.4, -0.2) is 24.8 Å². The Labute approximate surface area is 118 Å². The lowest BCUT2D eigenvalue weighted by Crippen LogP contribution is -2.09. The number of aromatic nitrogens is 2. The van der Waals surface area contributed by atoms with Gasteiger partial charge in [0.25, 0.3) is 0 Å². The lowest BCUT2D eigenvalue weighted by molar-refractivity contribution is 0.377. The van der Waals surface area contributed by atoms with Gasteiger partial charge in [-0.2, -0.15) is 4.98 Å². The van der Waals surface area contributed by atoms with E-state index in [0.29, 0.717) is 12.4 Å². The lowest BCUT2D eigenvalue weighted by Gasteiger charge is -2.03. The molecule has 0 amide bonds. The Morgan fingerprint density at radius 3 is 2.55 bits per heavy atom. The molecule has 2 aromatic rings. The molecule has 0 bridgehead atoms. The second kappa shape index (κ2) is 5.62. The molecule has 0 saturated carbocycles. The Kier molecular flexibility index (Phi) is 4.08. The van der Waals surface area contributed by atoms with Crippen molar-refractivity contribution >= 4 is 15.5 Å². The van der Waals surface area contributed by atoms with Crippen molar-refractivity contribution in [3.63, 3.8) is 0 Å². The van der Waals surface area contributed by atoms with Gasteiger partial charge in [-0.3, -0.25) is 0 Å². The molecule has 0 fully saturated rings. The SMILES string of the molecule is Cc1ccc(NCc2nc(C(C)S(C)(=O)=O)no2)cc1. The van der Waals surface area contributed by atoms with E-state index in [2.05, 4.69) is 15.5 Å². The molecule has 6 nitrogen and oxygen atoms in total. The van der Waals surface area contributed by atoms with Gasteiger partial charge in [0.1, 0.15) is 5.25 Å². The third-order valence-electron chi connectivity index (χ3n) is 2.98. The summed E-state index contributed by atoms with van der Waals surface area (Å²) in [5.74, 6) is 0.546. The summed E-state index contributed by atoms with van der Waals surface area (Å²) in [4.78, 5) is 4.09. The van der Waals surface area contributed by atoms with Crippen LogP contribution < -0.4 is 5.32 Å². The molecule has 0 aliphatic carbocycles. The van der Waals surface area contributed by atoms with E-state index >= 15 is 0 Å². The standard InChI is InChI=1S/C13H17N3O3S/c1-9-4-6-11(7-5-9)14-8-12-15-13(16-19-12)10(2)20(3,17)18/h4-7,10,14H,8H2,1-3H3. The minimum atomic E-state index is -3.22. The van der Waals surface area contributed by atoms with Gasteiger partial charge >= 0.3 is 0 Å². The molecule has 7 heteroatoms. The highest BCUT2D eigenvalue weighted by Gasteiger charge is 2.22. The third kappa shape index (κ3) is 3.57. The van der Waals surface area contributed by atoms with E-state index < -0.39 is 15.1 Å². The topological polar surface area (TPSA) is 85.1 Å². The highest BCUT2D eigenvalue weighted by molar-refractivity contribution is 7.90. The van der Waals surface area contributed by atoms with E-state index in [-0.39, 0.29) is 5.82 Å². The van der Waals surface area contributed by atoms with Crippen molar-refractivity contribution in [2.45, 2.75) is 25.6 Å². The minimum absolute atomic E-state index is 0.188. The average Bonchev–Trinajstić information content (AvgIpc) is 2.85. The Morgan fingerprint density at radius 1 is 1.30 bits per heavy atom. The van der Waals surface area contributed by atoms with Crippen molar-refractivity contribution in [1.82, 2.24) is 10.1 Å². The fourth-order valence-corrected chi connectivity index (χ4v) is 2.02. The number of rotatable bonds is 5. The highest BCUT2D eigenvalue weighted by atomic mass is 32.2. The fraction of sp³-hybridized carbons (Fsp3) is 0.385. The number of nitrogens with one attached hydrogen (secondary N) is 1. The van der Waals surface area contributed by atoms with Gasteiger partial charge in [-0.05, 0) is 26.0 Å². The zero-order valence-electron chi connectivity index (χ0n) is 11.6. The summed E-state index contributed by atoms with van der Waals surface area (Å²) in [5, 5.41) is 6.07. The first-order valence-corrected chi connectivity index (χ1v) is 8.13. The Balaban J connectivity index is 2.01. The number of anilines is 1. The molecule has 0 spiro atoms. The first-order valence-electron chi connectivity index (χ1n) is 6.18. The molecule has 20 heavy (non-hydrogen) atoms. The van der Waals surface area contributed by atoms with E-state index in [9.17, 15) is 8.42 Å². The van der Waals surface area contributed by atoms with Crippen LogP contribution in [0.4, 0.5) is 5.69 Å². The monoisotopic (exact) mass is 295 g/mol. The highest BCUT2D eigenvalue weighted by Crippen LogP contribution is 2.18. The van der Waals surface area contributed by atoms with Crippen molar-refractivity contribution < 1.29 is 12.9 Å². The smallest absolute Gasteiger partial charge is 0.245 e. The van der Waals surface area contributed by atoms with Crippen LogP contribution in [0.5, 0.6) is 0 Å². The van der Waals surface area contributed by atoms with Crippen LogP contribution in [0, 0.1) is 6.92 Å². The fourth-order valence-electron chi connectivity index (χ4n) is 1.55. The summed E-state index contributed by atoms with van der Waals surface area (Å²) in [5.41, 5.74) is 2.11. The predicted octanol–water partition coefficient (Wildman–Crippen LogP) is 2.10. The Hall–Kier alpha value is -1.89. The summed E-state index contributed by atoms with van der Waals surface area (Å²) in [7, 11) is -3.22. The van der Waals surface area contributed by atoms with E-state index in [1.807, 2.05) is 31.2 Å². The molecule has 1 aromatic heterocycles. The summed E-state index contributed by atoms with van der Waals surface area (Å²) in [6.07, 6.45) is 1.15. The van der Waals surface area contributed by atoms with Gasteiger partial charge in [0.15, 0.2) is 15.7 Å². The molecular weight excluding hydrogens is 278 g/mol. The van der Waals surface area contributed by atoms with Gasteiger partial charge < -0.3 is 9.84 Å². The zero-order chi connectivity index (χ0) is 14.8. The van der Waals surface area contributed by atoms with Crippen molar-refractivity contribution in [3.05, 3.63) is 41.5 Å². The van der Waals surface area contributed by atoms with E-state index in [4.69, 9.17) is 4.52 Å². The number of benzene rings is 1. The molecular formula is C13H17N3O3S. The van der Waals surface area contributed by atoms with Crippen LogP contribution in [0.25, 0.3) is 0 Å². The average molecular weight is 295 g/mol. The van der Waals surface area contributed by atoms with E-state index in [1.54, 1.807) is 0 Å². The maximum absolute atomic E-state index is 11.4. The van der Waals surface area contributed by atoms with Gasteiger partial charge in [0.2, 0.25) is 5.89 Å². The first-order chi connectivity index (χ1) is 9.36. The zero-order valence-corrected chi connectivity index (χ0v) is 12.4. The van der Waals surface area contributed by atoms with Crippen molar-refractivity contribution in [2.24, 2.45) is 0 Å². The number of nitrogens with zero attached hydrogens (tertiary/aromatic N) is 2.